The SMILES string of the molecule is CC(C)c1nccn1Cc1cccc(NC(=O)[C@@H](NC(=O)c2c(F)cccc2F)C(C)C)c1. The molecule has 6 nitrogen and oxygen atoms in total. The smallest absolute Gasteiger partial charge is 0.257 e. The number of carbonyl (C=O) groups excluding carboxylic acids is 2. The number of nitrogens with one attached hydrogen (secondary N) is 2. The standard InChI is InChI=1S/C25H28F2N4O2/c1-15(2)22(30-24(32)21-19(26)9-6-10-20(21)27)25(33)29-18-8-5-7-17(13-18)14-31-12-11-28-23(31)16(3)4/h5-13,15-16,22H,14H2,1-4H3,(H,29,33)(H,30,32)/t22-/m0/s1. The molecule has 8 heteroatoms. The van der Waals surface area contributed by atoms with Crippen LogP contribution in [0.4, 0.5) is 14.5 Å². The Morgan fingerprint density at radius 1 is 1.03 bits per heavy atom. The first kappa shape index (κ1) is 24.1. The van der Waals surface area contributed by atoms with Gasteiger partial charge in [0.2, 0.25) is 5.91 Å². The van der Waals surface area contributed by atoms with Gasteiger partial charge in [-0.2, -0.15) is 0 Å². The predicted octanol–water partition coefficient (Wildman–Crippen LogP) is 4.73. The number of hydrogen-bond acceptors (Lipinski definition) is 3. The number of amides is 2. The van der Waals surface area contributed by atoms with Crippen LogP contribution < -0.4 is 10.6 Å². The summed E-state index contributed by atoms with van der Waals surface area (Å²) in [5.74, 6) is -2.49. The zero-order valence-corrected chi connectivity index (χ0v) is 19.1. The number of halogens is 2. The number of carbonyl (C=O) groups is 2. The zero-order valence-electron chi connectivity index (χ0n) is 19.1. The first-order valence-corrected chi connectivity index (χ1v) is 10.8. The monoisotopic (exact) mass is 454 g/mol. The Bertz CT molecular complexity index is 1120. The van der Waals surface area contributed by atoms with Crippen LogP contribution in [0.1, 0.15) is 55.4 Å². The summed E-state index contributed by atoms with van der Waals surface area (Å²) < 4.78 is 30.0. The van der Waals surface area contributed by atoms with E-state index in [2.05, 4.69) is 29.5 Å². The predicted molar refractivity (Wildman–Crippen MR) is 123 cm³/mol. The van der Waals surface area contributed by atoms with E-state index in [-0.39, 0.29) is 11.8 Å². The molecule has 0 saturated carbocycles. The van der Waals surface area contributed by atoms with E-state index < -0.39 is 35.1 Å². The molecule has 33 heavy (non-hydrogen) atoms. The maximum atomic E-state index is 14.0. The van der Waals surface area contributed by atoms with E-state index in [4.69, 9.17) is 0 Å². The van der Waals surface area contributed by atoms with Crippen molar-refractivity contribution < 1.29 is 18.4 Å². The second-order valence-electron chi connectivity index (χ2n) is 8.55. The molecule has 0 aliphatic rings. The van der Waals surface area contributed by atoms with Crippen LogP contribution in [0.25, 0.3) is 0 Å². The van der Waals surface area contributed by atoms with Gasteiger partial charge < -0.3 is 15.2 Å². The summed E-state index contributed by atoms with van der Waals surface area (Å²) in [6.07, 6.45) is 3.67. The highest BCUT2D eigenvalue weighted by Gasteiger charge is 2.27. The average molecular weight is 455 g/mol. The lowest BCUT2D eigenvalue weighted by atomic mass is 10.0. The van der Waals surface area contributed by atoms with Crippen molar-refractivity contribution in [3.8, 4) is 0 Å². The fourth-order valence-corrected chi connectivity index (χ4v) is 3.58. The van der Waals surface area contributed by atoms with Crippen LogP contribution in [0.2, 0.25) is 0 Å². The molecule has 0 bridgehead atoms. The van der Waals surface area contributed by atoms with Gasteiger partial charge in [-0.05, 0) is 35.7 Å². The van der Waals surface area contributed by atoms with Crippen molar-refractivity contribution in [1.29, 1.82) is 0 Å². The highest BCUT2D eigenvalue weighted by Crippen LogP contribution is 2.18. The Labute approximate surface area is 192 Å². The second kappa shape index (κ2) is 10.4. The third kappa shape index (κ3) is 5.83. The molecule has 174 valence electrons. The Kier molecular flexibility index (Phi) is 7.58. The number of nitrogens with zero attached hydrogens (tertiary/aromatic N) is 2. The van der Waals surface area contributed by atoms with E-state index in [9.17, 15) is 18.4 Å². The second-order valence-corrected chi connectivity index (χ2v) is 8.55. The molecule has 0 aliphatic carbocycles. The Balaban J connectivity index is 1.73. The maximum absolute atomic E-state index is 14.0. The Morgan fingerprint density at radius 3 is 2.33 bits per heavy atom. The van der Waals surface area contributed by atoms with Gasteiger partial charge in [-0.1, -0.05) is 45.9 Å². The summed E-state index contributed by atoms with van der Waals surface area (Å²) in [6.45, 7) is 8.22. The highest BCUT2D eigenvalue weighted by atomic mass is 19.1. The quantitative estimate of drug-likeness (QED) is 0.517. The van der Waals surface area contributed by atoms with Crippen molar-refractivity contribution in [1.82, 2.24) is 14.9 Å². The van der Waals surface area contributed by atoms with E-state index in [0.29, 0.717) is 12.2 Å². The molecule has 2 N–H and O–H groups in total. The van der Waals surface area contributed by atoms with Crippen LogP contribution in [0, 0.1) is 17.6 Å². The Hall–Kier alpha value is -3.55. The number of aromatic nitrogens is 2. The van der Waals surface area contributed by atoms with Crippen LogP contribution in [-0.2, 0) is 11.3 Å². The van der Waals surface area contributed by atoms with Crippen LogP contribution in [0.5, 0.6) is 0 Å². The topological polar surface area (TPSA) is 76.0 Å². The first-order chi connectivity index (χ1) is 15.7. The number of benzene rings is 2. The molecule has 0 aliphatic heterocycles. The molecule has 2 aromatic carbocycles. The number of anilines is 1. The third-order valence-electron chi connectivity index (χ3n) is 5.24. The van der Waals surface area contributed by atoms with Gasteiger partial charge >= 0.3 is 0 Å². The number of rotatable bonds is 8. The largest absolute Gasteiger partial charge is 0.340 e. The van der Waals surface area contributed by atoms with Crippen molar-refractivity contribution >= 4 is 17.5 Å². The fourth-order valence-electron chi connectivity index (χ4n) is 3.58. The van der Waals surface area contributed by atoms with E-state index in [1.807, 2.05) is 29.0 Å². The van der Waals surface area contributed by atoms with Crippen molar-refractivity contribution in [3.63, 3.8) is 0 Å². The first-order valence-electron chi connectivity index (χ1n) is 10.8. The van der Waals surface area contributed by atoms with Gasteiger partial charge in [0.05, 0.1) is 0 Å². The summed E-state index contributed by atoms with van der Waals surface area (Å²) in [5.41, 5.74) is 0.811. The van der Waals surface area contributed by atoms with E-state index in [1.165, 1.54) is 6.07 Å². The molecule has 1 heterocycles. The zero-order chi connectivity index (χ0) is 24.1. The lowest BCUT2D eigenvalue weighted by Crippen LogP contribution is -2.47. The van der Waals surface area contributed by atoms with Crippen molar-refractivity contribution in [2.75, 3.05) is 5.32 Å². The van der Waals surface area contributed by atoms with Gasteiger partial charge in [-0.15, -0.1) is 0 Å². The van der Waals surface area contributed by atoms with Crippen LogP contribution in [-0.4, -0.2) is 27.4 Å². The summed E-state index contributed by atoms with van der Waals surface area (Å²) in [4.78, 5) is 29.8. The minimum Gasteiger partial charge on any atom is -0.340 e. The van der Waals surface area contributed by atoms with Gasteiger partial charge in [0.15, 0.2) is 0 Å². The molecule has 1 atom stereocenters. The molecule has 3 aromatic rings. The number of hydrogen-bond donors (Lipinski definition) is 2. The van der Waals surface area contributed by atoms with E-state index >= 15 is 0 Å². The highest BCUT2D eigenvalue weighted by molar-refractivity contribution is 6.01. The summed E-state index contributed by atoms with van der Waals surface area (Å²) >= 11 is 0. The molecule has 1 aromatic heterocycles. The van der Waals surface area contributed by atoms with Crippen LogP contribution >= 0.6 is 0 Å². The van der Waals surface area contributed by atoms with Gasteiger partial charge in [0.25, 0.3) is 5.91 Å². The maximum Gasteiger partial charge on any atom is 0.257 e. The minimum absolute atomic E-state index is 0.276. The Morgan fingerprint density at radius 2 is 1.70 bits per heavy atom. The normalized spacial score (nSPS) is 12.1. The molecule has 0 radical (unpaired) electrons. The molecule has 0 fully saturated rings. The fraction of sp³-hybridized carbons (Fsp3) is 0.320. The molecule has 0 saturated heterocycles. The van der Waals surface area contributed by atoms with Crippen molar-refractivity contribution in [2.24, 2.45) is 5.92 Å². The van der Waals surface area contributed by atoms with Crippen LogP contribution in [0.15, 0.2) is 54.9 Å². The van der Waals surface area contributed by atoms with Gasteiger partial charge in [-0.25, -0.2) is 13.8 Å². The lowest BCUT2D eigenvalue weighted by molar-refractivity contribution is -0.118. The third-order valence-corrected chi connectivity index (χ3v) is 5.24. The van der Waals surface area contributed by atoms with Crippen molar-refractivity contribution in [2.45, 2.75) is 46.2 Å². The molecule has 3 rings (SSSR count). The molecule has 0 unspecified atom stereocenters. The van der Waals surface area contributed by atoms with Crippen molar-refractivity contribution in [3.05, 3.63) is 83.4 Å². The van der Waals surface area contributed by atoms with Gasteiger partial charge in [0.1, 0.15) is 29.1 Å². The van der Waals surface area contributed by atoms with Gasteiger partial charge in [-0.3, -0.25) is 9.59 Å². The summed E-state index contributed by atoms with van der Waals surface area (Å²) in [6, 6.07) is 9.55. The van der Waals surface area contributed by atoms with Crippen LogP contribution in [0.3, 0.4) is 0 Å². The molecule has 2 amide bonds. The molecule has 0 spiro atoms. The van der Waals surface area contributed by atoms with E-state index in [1.54, 1.807) is 26.1 Å². The average Bonchev–Trinajstić information content (AvgIpc) is 3.20. The van der Waals surface area contributed by atoms with Gasteiger partial charge in [0, 0.05) is 30.5 Å². The summed E-state index contributed by atoms with van der Waals surface area (Å²) in [7, 11) is 0. The lowest BCUT2D eigenvalue weighted by Gasteiger charge is -2.22. The molecular formula is C25H28F2N4O2. The minimum atomic E-state index is -0.985. The summed E-state index contributed by atoms with van der Waals surface area (Å²) in [5, 5.41) is 5.26. The number of imidazole rings is 1. The molecular weight excluding hydrogens is 426 g/mol. The van der Waals surface area contributed by atoms with E-state index in [0.717, 1.165) is 23.5 Å².